The number of ether oxygens (including phenoxy) is 2. The second kappa shape index (κ2) is 53.5. The molecule has 0 aliphatic rings. The molecule has 0 aliphatic heterocycles. The van der Waals surface area contributed by atoms with E-state index >= 15 is 0 Å². The van der Waals surface area contributed by atoms with Crippen molar-refractivity contribution in [3.05, 3.63) is 60.8 Å². The van der Waals surface area contributed by atoms with Crippen LogP contribution in [0.1, 0.15) is 264 Å². The maximum Gasteiger partial charge on any atom is 0.472 e. The Kier molecular flexibility index (Phi) is 52.1. The zero-order chi connectivity index (χ0) is 51.2. The molecule has 0 amide bonds. The minimum atomic E-state index is -4.29. The molecule has 8 nitrogen and oxygen atoms in total. The summed E-state index contributed by atoms with van der Waals surface area (Å²) in [5, 5.41) is 0. The monoisotopic (exact) mass is 1000 g/mol. The molecule has 0 saturated carbocycles. The molecule has 70 heavy (non-hydrogen) atoms. The average Bonchev–Trinajstić information content (AvgIpc) is 3.32. The first kappa shape index (κ1) is 68.2. The summed E-state index contributed by atoms with van der Waals surface area (Å²) in [5.74, 6) is -0.321. The standard InChI is InChI=1S/C61H114NO7P/c1-6-8-10-12-14-16-18-20-22-24-26-28-30-31-33-35-37-39-41-43-45-47-49-51-53-56-66-58-60(59-68-70(64,65)67-57-55-62(3,4)5)69-61(63)54-52-50-48-46-44-42-40-38-36-34-32-29-27-25-23-21-19-17-15-13-11-9-7-2/h9,11,15,17,21,23,27,29,34,36,60H,6-8,10,12-14,16,18-20,22,24-26,28,30-33,35,37-59H2,1-5H3/p+1/b11-9-,17-15-,23-21-,29-27-,36-34-. The van der Waals surface area contributed by atoms with Crippen LogP contribution in [0.25, 0.3) is 0 Å². The molecule has 0 aromatic rings. The van der Waals surface area contributed by atoms with E-state index in [1.807, 2.05) is 21.1 Å². The van der Waals surface area contributed by atoms with E-state index in [0.29, 0.717) is 24.1 Å². The van der Waals surface area contributed by atoms with Gasteiger partial charge in [-0.3, -0.25) is 13.8 Å². The predicted octanol–water partition coefficient (Wildman–Crippen LogP) is 18.8. The van der Waals surface area contributed by atoms with Crippen molar-refractivity contribution in [1.82, 2.24) is 0 Å². The highest BCUT2D eigenvalue weighted by atomic mass is 31.2. The number of rotatable bonds is 55. The van der Waals surface area contributed by atoms with Gasteiger partial charge < -0.3 is 18.9 Å². The number of phosphoric ester groups is 1. The summed E-state index contributed by atoms with van der Waals surface area (Å²) in [6.45, 7) is 5.54. The Bertz CT molecular complexity index is 1300. The van der Waals surface area contributed by atoms with E-state index in [0.717, 1.165) is 70.6 Å². The number of phosphoric acid groups is 1. The van der Waals surface area contributed by atoms with Crippen LogP contribution in [0.4, 0.5) is 0 Å². The Morgan fingerprint density at radius 3 is 1.24 bits per heavy atom. The molecular formula is C61H115NO7P+. The van der Waals surface area contributed by atoms with Crippen molar-refractivity contribution in [2.75, 3.05) is 54.1 Å². The third-order valence-electron chi connectivity index (χ3n) is 12.8. The number of hydrogen-bond acceptors (Lipinski definition) is 6. The Morgan fingerprint density at radius 2 is 0.829 bits per heavy atom. The van der Waals surface area contributed by atoms with Crippen molar-refractivity contribution in [1.29, 1.82) is 0 Å². The lowest BCUT2D eigenvalue weighted by atomic mass is 10.0. The molecule has 0 heterocycles. The molecule has 0 aromatic carbocycles. The third-order valence-corrected chi connectivity index (χ3v) is 13.8. The summed E-state index contributed by atoms with van der Waals surface area (Å²) < 4.78 is 35.3. The van der Waals surface area contributed by atoms with E-state index in [1.54, 1.807) is 0 Å². The van der Waals surface area contributed by atoms with Crippen LogP contribution in [0, 0.1) is 0 Å². The number of quaternary nitrogens is 1. The summed E-state index contributed by atoms with van der Waals surface area (Å²) in [6.07, 6.45) is 70.0. The summed E-state index contributed by atoms with van der Waals surface area (Å²) in [7, 11) is 1.66. The van der Waals surface area contributed by atoms with E-state index in [9.17, 15) is 14.3 Å². The highest BCUT2D eigenvalue weighted by Gasteiger charge is 2.26. The molecule has 0 fully saturated rings. The smallest absolute Gasteiger partial charge is 0.457 e. The number of hydrogen-bond donors (Lipinski definition) is 1. The van der Waals surface area contributed by atoms with E-state index in [-0.39, 0.29) is 25.8 Å². The first-order valence-electron chi connectivity index (χ1n) is 29.5. The van der Waals surface area contributed by atoms with Crippen LogP contribution in [-0.2, 0) is 27.9 Å². The lowest BCUT2D eigenvalue weighted by Gasteiger charge is -2.24. The van der Waals surface area contributed by atoms with Gasteiger partial charge in [0.15, 0.2) is 0 Å². The minimum Gasteiger partial charge on any atom is -0.457 e. The number of likely N-dealkylation sites (N-methyl/N-ethyl adjacent to an activating group) is 1. The second-order valence-corrected chi connectivity index (χ2v) is 22.5. The largest absolute Gasteiger partial charge is 0.472 e. The summed E-state index contributed by atoms with van der Waals surface area (Å²) in [5.41, 5.74) is 0. The van der Waals surface area contributed by atoms with Gasteiger partial charge in [-0.2, -0.15) is 0 Å². The van der Waals surface area contributed by atoms with Gasteiger partial charge in [-0.25, -0.2) is 4.57 Å². The topological polar surface area (TPSA) is 91.3 Å². The van der Waals surface area contributed by atoms with Gasteiger partial charge in [0, 0.05) is 13.0 Å². The normalized spacial score (nSPS) is 13.9. The quantitative estimate of drug-likeness (QED) is 0.0213. The summed E-state index contributed by atoms with van der Waals surface area (Å²) >= 11 is 0. The van der Waals surface area contributed by atoms with Crippen molar-refractivity contribution in [2.45, 2.75) is 270 Å². The number of allylic oxidation sites excluding steroid dienone is 10. The van der Waals surface area contributed by atoms with Gasteiger partial charge in [-0.1, -0.05) is 261 Å². The fourth-order valence-corrected chi connectivity index (χ4v) is 9.09. The predicted molar refractivity (Wildman–Crippen MR) is 302 cm³/mol. The van der Waals surface area contributed by atoms with Crippen molar-refractivity contribution in [3.63, 3.8) is 0 Å². The molecule has 0 aromatic heterocycles. The average molecular weight is 1010 g/mol. The van der Waals surface area contributed by atoms with Gasteiger partial charge in [0.25, 0.3) is 0 Å². The number of unbranched alkanes of at least 4 members (excludes halogenated alkanes) is 31. The van der Waals surface area contributed by atoms with Crippen LogP contribution in [0.5, 0.6) is 0 Å². The molecule has 0 spiro atoms. The molecule has 0 rings (SSSR count). The summed E-state index contributed by atoms with van der Waals surface area (Å²) in [4.78, 5) is 23.1. The Labute approximate surface area is 434 Å². The van der Waals surface area contributed by atoms with Crippen LogP contribution < -0.4 is 0 Å². The van der Waals surface area contributed by atoms with Crippen molar-refractivity contribution in [3.8, 4) is 0 Å². The Hall–Kier alpha value is -1.80. The number of carbonyl (C=O) groups excluding carboxylic acids is 1. The highest BCUT2D eigenvalue weighted by molar-refractivity contribution is 7.47. The van der Waals surface area contributed by atoms with Crippen LogP contribution in [0.2, 0.25) is 0 Å². The Balaban J connectivity index is 4.07. The SMILES string of the molecule is CC/C=C\C/C=C\C/C=C\C/C=C\C/C=C\CCCCCCCCCC(=O)OC(COCCCCCCCCCCCCCCCCCCCCCCCCCCC)COP(=O)(O)OCC[N+](C)(C)C. The van der Waals surface area contributed by atoms with Gasteiger partial charge in [-0.15, -0.1) is 0 Å². The maximum absolute atomic E-state index is 12.8. The molecule has 410 valence electrons. The minimum absolute atomic E-state index is 0.0854. The number of esters is 1. The van der Waals surface area contributed by atoms with E-state index in [2.05, 4.69) is 74.6 Å². The molecule has 0 bridgehead atoms. The lowest BCUT2D eigenvalue weighted by Crippen LogP contribution is -2.37. The first-order chi connectivity index (χ1) is 34.1. The van der Waals surface area contributed by atoms with E-state index in [4.69, 9.17) is 18.5 Å². The second-order valence-electron chi connectivity index (χ2n) is 21.0. The zero-order valence-corrected chi connectivity index (χ0v) is 47.6. The number of carbonyl (C=O) groups is 1. The zero-order valence-electron chi connectivity index (χ0n) is 46.8. The van der Waals surface area contributed by atoms with Crippen LogP contribution in [0.3, 0.4) is 0 Å². The fourth-order valence-electron chi connectivity index (χ4n) is 8.35. The molecule has 0 saturated heterocycles. The van der Waals surface area contributed by atoms with Gasteiger partial charge in [-0.05, 0) is 57.8 Å². The van der Waals surface area contributed by atoms with E-state index in [1.165, 1.54) is 173 Å². The van der Waals surface area contributed by atoms with E-state index < -0.39 is 13.9 Å². The van der Waals surface area contributed by atoms with Crippen molar-refractivity contribution >= 4 is 13.8 Å². The highest BCUT2D eigenvalue weighted by Crippen LogP contribution is 2.43. The summed E-state index contributed by atoms with van der Waals surface area (Å²) in [6, 6.07) is 0. The van der Waals surface area contributed by atoms with Gasteiger partial charge in [0.1, 0.15) is 19.3 Å². The maximum atomic E-state index is 12.8. The molecule has 2 atom stereocenters. The van der Waals surface area contributed by atoms with Gasteiger partial charge in [0.05, 0.1) is 34.4 Å². The first-order valence-corrected chi connectivity index (χ1v) is 31.0. The Morgan fingerprint density at radius 1 is 0.457 bits per heavy atom. The third kappa shape index (κ3) is 57.1. The van der Waals surface area contributed by atoms with Gasteiger partial charge >= 0.3 is 13.8 Å². The molecular weight excluding hydrogens is 890 g/mol. The molecule has 2 unspecified atom stereocenters. The number of nitrogens with zero attached hydrogens (tertiary/aromatic N) is 1. The lowest BCUT2D eigenvalue weighted by molar-refractivity contribution is -0.870. The van der Waals surface area contributed by atoms with Crippen molar-refractivity contribution < 1.29 is 37.3 Å². The molecule has 1 N–H and O–H groups in total. The van der Waals surface area contributed by atoms with Crippen molar-refractivity contribution in [2.24, 2.45) is 0 Å². The fraction of sp³-hybridized carbons (Fsp3) is 0.820. The van der Waals surface area contributed by atoms with Crippen LogP contribution in [-0.4, -0.2) is 75.6 Å². The molecule has 0 radical (unpaired) electrons. The van der Waals surface area contributed by atoms with Gasteiger partial charge in [0.2, 0.25) is 0 Å². The van der Waals surface area contributed by atoms with Crippen LogP contribution >= 0.6 is 7.82 Å². The molecule has 9 heteroatoms. The van der Waals surface area contributed by atoms with Crippen LogP contribution in [0.15, 0.2) is 60.8 Å². The molecule has 0 aliphatic carbocycles.